The fourth-order valence-electron chi connectivity index (χ4n) is 4.63. The van der Waals surface area contributed by atoms with Crippen molar-refractivity contribution in [2.45, 2.75) is 38.0 Å². The van der Waals surface area contributed by atoms with Crippen LogP contribution in [0.2, 0.25) is 0 Å². The van der Waals surface area contributed by atoms with Gasteiger partial charge in [0.1, 0.15) is 0 Å². The van der Waals surface area contributed by atoms with Crippen LogP contribution in [0.15, 0.2) is 72.8 Å². The van der Waals surface area contributed by atoms with Gasteiger partial charge in [-0.25, -0.2) is 0 Å². The van der Waals surface area contributed by atoms with Gasteiger partial charge >= 0.3 is 6.18 Å². The molecule has 1 heterocycles. The molecule has 1 aliphatic heterocycles. The molecule has 0 unspecified atom stereocenters. The van der Waals surface area contributed by atoms with Crippen LogP contribution >= 0.6 is 0 Å². The summed E-state index contributed by atoms with van der Waals surface area (Å²) in [5.74, 6) is -0.210. The molecule has 184 valence electrons. The highest BCUT2D eigenvalue weighted by atomic mass is 19.4. The van der Waals surface area contributed by atoms with Gasteiger partial charge in [-0.1, -0.05) is 42.5 Å². The summed E-state index contributed by atoms with van der Waals surface area (Å²) < 4.78 is 47.1. The summed E-state index contributed by atoms with van der Waals surface area (Å²) >= 11 is 0. The summed E-state index contributed by atoms with van der Waals surface area (Å²) in [4.78, 5) is 11.2. The Morgan fingerprint density at radius 3 is 2.29 bits per heavy atom. The first-order valence-corrected chi connectivity index (χ1v) is 11.7. The molecule has 0 aliphatic carbocycles. The molecular formula is C28H29F3N2O2. The van der Waals surface area contributed by atoms with Crippen LogP contribution in [0.4, 0.5) is 18.9 Å². The van der Waals surface area contributed by atoms with Crippen molar-refractivity contribution < 1.29 is 22.7 Å². The Hall–Kier alpha value is -3.16. The molecule has 0 atom stereocenters. The van der Waals surface area contributed by atoms with Crippen molar-refractivity contribution in [3.8, 4) is 11.1 Å². The van der Waals surface area contributed by atoms with Gasteiger partial charge in [0.15, 0.2) is 0 Å². The van der Waals surface area contributed by atoms with Crippen molar-refractivity contribution in [2.24, 2.45) is 0 Å². The summed E-state index contributed by atoms with van der Waals surface area (Å²) in [5, 5.41) is 6.04. The average Bonchev–Trinajstić information content (AvgIpc) is 2.85. The molecule has 0 saturated carbocycles. The molecule has 1 amide bonds. The number of hydrogen-bond acceptors (Lipinski definition) is 3. The number of benzene rings is 3. The van der Waals surface area contributed by atoms with Crippen molar-refractivity contribution in [1.29, 1.82) is 0 Å². The molecule has 4 rings (SSSR count). The van der Waals surface area contributed by atoms with Crippen molar-refractivity contribution in [2.75, 3.05) is 25.0 Å². The normalized spacial score (nSPS) is 15.5. The summed E-state index contributed by atoms with van der Waals surface area (Å²) in [5.41, 5.74) is 2.47. The second-order valence-electron chi connectivity index (χ2n) is 9.06. The minimum atomic E-state index is -4.47. The number of anilines is 1. The van der Waals surface area contributed by atoms with Crippen molar-refractivity contribution in [1.82, 2.24) is 5.32 Å². The largest absolute Gasteiger partial charge is 0.416 e. The predicted octanol–water partition coefficient (Wildman–Crippen LogP) is 6.17. The van der Waals surface area contributed by atoms with Gasteiger partial charge in [-0.2, -0.15) is 13.2 Å². The van der Waals surface area contributed by atoms with Crippen molar-refractivity contribution in [3.05, 3.63) is 89.5 Å². The number of piperidine rings is 1. The second-order valence-corrected chi connectivity index (χ2v) is 9.06. The number of hydrogen-bond donors (Lipinski definition) is 2. The molecule has 0 radical (unpaired) electrons. The van der Waals surface area contributed by atoms with Crippen LogP contribution in [0.5, 0.6) is 0 Å². The third kappa shape index (κ3) is 6.29. The van der Waals surface area contributed by atoms with Crippen LogP contribution in [-0.2, 0) is 27.7 Å². The Morgan fingerprint density at radius 1 is 0.971 bits per heavy atom. The van der Waals surface area contributed by atoms with E-state index in [0.717, 1.165) is 38.1 Å². The van der Waals surface area contributed by atoms with Gasteiger partial charge in [-0.05, 0) is 78.5 Å². The zero-order chi connectivity index (χ0) is 24.9. The van der Waals surface area contributed by atoms with E-state index in [1.807, 2.05) is 18.2 Å². The molecule has 0 aromatic heterocycles. The molecule has 3 aromatic carbocycles. The summed E-state index contributed by atoms with van der Waals surface area (Å²) in [6.45, 7) is 3.68. The average molecular weight is 483 g/mol. The van der Waals surface area contributed by atoms with Crippen LogP contribution < -0.4 is 10.6 Å². The van der Waals surface area contributed by atoms with Crippen LogP contribution in [0.1, 0.15) is 36.5 Å². The third-order valence-electron chi connectivity index (χ3n) is 6.45. The lowest BCUT2D eigenvalue weighted by Crippen LogP contribution is -2.43. The number of nitrogens with one attached hydrogen (secondary N) is 2. The maximum Gasteiger partial charge on any atom is 0.416 e. The number of carbonyl (C=O) groups excluding carboxylic acids is 1. The molecule has 4 nitrogen and oxygen atoms in total. The summed E-state index contributed by atoms with van der Waals surface area (Å²) in [7, 11) is 0. The van der Waals surface area contributed by atoms with E-state index in [1.54, 1.807) is 30.3 Å². The zero-order valence-electron chi connectivity index (χ0n) is 19.6. The van der Waals surface area contributed by atoms with Crippen LogP contribution in [0, 0.1) is 0 Å². The Kier molecular flexibility index (Phi) is 7.57. The molecule has 1 fully saturated rings. The number of amides is 1. The van der Waals surface area contributed by atoms with E-state index >= 15 is 0 Å². The van der Waals surface area contributed by atoms with Crippen LogP contribution in [0.25, 0.3) is 11.1 Å². The number of ether oxygens (including phenoxy) is 1. The van der Waals surface area contributed by atoms with Gasteiger partial charge in [-0.3, -0.25) is 4.79 Å². The van der Waals surface area contributed by atoms with Gasteiger partial charge in [0.05, 0.1) is 18.8 Å². The van der Waals surface area contributed by atoms with E-state index in [1.165, 1.54) is 12.5 Å². The first-order valence-electron chi connectivity index (χ1n) is 11.7. The zero-order valence-corrected chi connectivity index (χ0v) is 19.6. The van der Waals surface area contributed by atoms with Crippen molar-refractivity contribution >= 4 is 11.6 Å². The Labute approximate surface area is 203 Å². The van der Waals surface area contributed by atoms with E-state index < -0.39 is 11.7 Å². The van der Waals surface area contributed by atoms with Crippen LogP contribution in [0.3, 0.4) is 0 Å². The molecule has 1 aliphatic rings. The Balaban J connectivity index is 1.55. The highest BCUT2D eigenvalue weighted by Gasteiger charge is 2.34. The van der Waals surface area contributed by atoms with Gasteiger partial charge in [0.2, 0.25) is 5.91 Å². The number of carbonyl (C=O) groups is 1. The predicted molar refractivity (Wildman–Crippen MR) is 131 cm³/mol. The molecule has 35 heavy (non-hydrogen) atoms. The minimum Gasteiger partial charge on any atom is -0.376 e. The van der Waals surface area contributed by atoms with E-state index in [2.05, 4.69) is 22.8 Å². The Bertz CT molecular complexity index is 1140. The lowest BCUT2D eigenvalue weighted by molar-refractivity contribution is -0.137. The topological polar surface area (TPSA) is 50.4 Å². The smallest absolute Gasteiger partial charge is 0.376 e. The van der Waals surface area contributed by atoms with E-state index in [4.69, 9.17) is 4.74 Å². The van der Waals surface area contributed by atoms with Crippen LogP contribution in [-0.4, -0.2) is 25.6 Å². The quantitative estimate of drug-likeness (QED) is 0.424. The molecule has 3 aromatic rings. The molecule has 7 heteroatoms. The molecule has 0 spiro atoms. The fourth-order valence-corrected chi connectivity index (χ4v) is 4.63. The second kappa shape index (κ2) is 10.6. The summed E-state index contributed by atoms with van der Waals surface area (Å²) in [6, 6.07) is 21.0. The monoisotopic (exact) mass is 482 g/mol. The van der Waals surface area contributed by atoms with Gasteiger partial charge in [0, 0.05) is 18.0 Å². The lowest BCUT2D eigenvalue weighted by atomic mass is 9.74. The highest BCUT2D eigenvalue weighted by Crippen LogP contribution is 2.36. The fraction of sp³-hybridized carbons (Fsp3) is 0.321. The molecule has 1 saturated heterocycles. The van der Waals surface area contributed by atoms with E-state index in [-0.39, 0.29) is 17.9 Å². The molecule has 0 bridgehead atoms. The number of halogens is 3. The Morgan fingerprint density at radius 2 is 1.66 bits per heavy atom. The van der Waals surface area contributed by atoms with E-state index in [9.17, 15) is 18.0 Å². The van der Waals surface area contributed by atoms with E-state index in [0.29, 0.717) is 29.0 Å². The first kappa shape index (κ1) is 24.9. The molecule has 2 N–H and O–H groups in total. The SMILES string of the molecule is CC(=O)Nc1ccc(-c2cc(COCC3(c4ccccc4)CCNCC3)cc(C(F)(F)F)c2)cc1. The maximum absolute atomic E-state index is 13.7. The first-order chi connectivity index (χ1) is 16.7. The molecular weight excluding hydrogens is 453 g/mol. The number of alkyl halides is 3. The minimum absolute atomic E-state index is 0.0862. The standard InChI is InChI=1S/C28H29F3N2O2/c1-20(34)33-26-9-7-22(8-10-26)23-15-21(16-25(17-23)28(29,30)31)18-35-19-27(11-13-32-14-12-27)24-5-3-2-4-6-24/h2-10,15-17,32H,11-14,18-19H2,1H3,(H,33,34). The lowest BCUT2D eigenvalue weighted by Gasteiger charge is -2.38. The van der Waals surface area contributed by atoms with Crippen molar-refractivity contribution in [3.63, 3.8) is 0 Å². The highest BCUT2D eigenvalue weighted by molar-refractivity contribution is 5.89. The van der Waals surface area contributed by atoms with Gasteiger partial charge in [0.25, 0.3) is 0 Å². The third-order valence-corrected chi connectivity index (χ3v) is 6.45. The van der Waals surface area contributed by atoms with Gasteiger partial charge < -0.3 is 15.4 Å². The number of rotatable bonds is 7. The summed E-state index contributed by atoms with van der Waals surface area (Å²) in [6.07, 6.45) is -2.65. The maximum atomic E-state index is 13.7. The van der Waals surface area contributed by atoms with Gasteiger partial charge in [-0.15, -0.1) is 0 Å².